The molecule has 4 nitrogen and oxygen atoms in total. The third kappa shape index (κ3) is 1.99. The number of rotatable bonds is 2. The molecule has 1 heterocycles. The minimum Gasteiger partial charge on any atom is -0.506 e. The number of esters is 1. The van der Waals surface area contributed by atoms with E-state index in [1.54, 1.807) is 6.07 Å². The van der Waals surface area contributed by atoms with E-state index < -0.39 is 0 Å². The highest BCUT2D eigenvalue weighted by atomic mass is 35.5. The Balaban J connectivity index is 2.32. The molecule has 0 aliphatic carbocycles. The van der Waals surface area contributed by atoms with Crippen LogP contribution in [-0.4, -0.2) is 17.6 Å². The lowest BCUT2D eigenvalue weighted by Crippen LogP contribution is -2.29. The zero-order valence-electron chi connectivity index (χ0n) is 8.57. The van der Waals surface area contributed by atoms with Crippen LogP contribution < -0.4 is 10.5 Å². The summed E-state index contributed by atoms with van der Waals surface area (Å²) in [5.41, 5.74) is 6.26. The van der Waals surface area contributed by atoms with Crippen molar-refractivity contribution in [2.24, 2.45) is 11.7 Å². The molecule has 16 heavy (non-hydrogen) atoms. The van der Waals surface area contributed by atoms with Crippen molar-refractivity contribution in [2.75, 3.05) is 6.54 Å². The molecule has 0 saturated heterocycles. The zero-order chi connectivity index (χ0) is 11.7. The number of phenolic OH excluding ortho intramolecular Hbond substituents is 1. The Bertz CT molecular complexity index is 433. The largest absolute Gasteiger partial charge is 0.506 e. The molecule has 2 rings (SSSR count). The number of aromatic hydroxyl groups is 1. The smallest absolute Gasteiger partial charge is 0.314 e. The van der Waals surface area contributed by atoms with Crippen LogP contribution in [0.5, 0.6) is 11.5 Å². The standard InChI is InChI=1S/C11H12ClNO3/c12-8-4-7-3-6(1-2-13)11(15)16-10(7)5-9(8)14/h4-6,14H,1-3,13H2/t6-/m1/s1. The lowest BCUT2D eigenvalue weighted by molar-refractivity contribution is -0.140. The van der Waals surface area contributed by atoms with E-state index in [4.69, 9.17) is 22.1 Å². The number of carbonyl (C=O) groups excluding carboxylic acids is 1. The van der Waals surface area contributed by atoms with Crippen LogP contribution in [0.3, 0.4) is 0 Å². The lowest BCUT2D eigenvalue weighted by Gasteiger charge is -2.23. The molecule has 0 amide bonds. The summed E-state index contributed by atoms with van der Waals surface area (Å²) in [5, 5.41) is 9.65. The molecule has 0 unspecified atom stereocenters. The molecule has 86 valence electrons. The number of fused-ring (bicyclic) bond motifs is 1. The molecule has 0 spiro atoms. The van der Waals surface area contributed by atoms with E-state index in [0.29, 0.717) is 25.1 Å². The fourth-order valence-electron chi connectivity index (χ4n) is 1.80. The summed E-state index contributed by atoms with van der Waals surface area (Å²) < 4.78 is 5.12. The monoisotopic (exact) mass is 241 g/mol. The molecular formula is C11H12ClNO3. The number of nitrogens with two attached hydrogens (primary N) is 1. The lowest BCUT2D eigenvalue weighted by atomic mass is 9.93. The zero-order valence-corrected chi connectivity index (χ0v) is 9.33. The van der Waals surface area contributed by atoms with Gasteiger partial charge in [-0.1, -0.05) is 11.6 Å². The van der Waals surface area contributed by atoms with Gasteiger partial charge in [0.05, 0.1) is 10.9 Å². The van der Waals surface area contributed by atoms with Crippen LogP contribution in [0.25, 0.3) is 0 Å². The summed E-state index contributed by atoms with van der Waals surface area (Å²) in [6.45, 7) is 0.445. The van der Waals surface area contributed by atoms with E-state index in [-0.39, 0.29) is 22.7 Å². The van der Waals surface area contributed by atoms with Crippen molar-refractivity contribution in [3.05, 3.63) is 22.7 Å². The summed E-state index contributed by atoms with van der Waals surface area (Å²) in [6, 6.07) is 3.00. The van der Waals surface area contributed by atoms with Crippen molar-refractivity contribution < 1.29 is 14.6 Å². The first-order valence-corrected chi connectivity index (χ1v) is 5.42. The maximum atomic E-state index is 11.6. The van der Waals surface area contributed by atoms with Crippen LogP contribution in [0.4, 0.5) is 0 Å². The summed E-state index contributed by atoms with van der Waals surface area (Å²) >= 11 is 5.79. The first-order valence-electron chi connectivity index (χ1n) is 5.05. The van der Waals surface area contributed by atoms with Gasteiger partial charge in [-0.3, -0.25) is 4.79 Å². The van der Waals surface area contributed by atoms with Gasteiger partial charge in [-0.2, -0.15) is 0 Å². The summed E-state index contributed by atoms with van der Waals surface area (Å²) in [7, 11) is 0. The topological polar surface area (TPSA) is 72.6 Å². The molecule has 1 aromatic carbocycles. The summed E-state index contributed by atoms with van der Waals surface area (Å²) in [4.78, 5) is 11.6. The highest BCUT2D eigenvalue weighted by Crippen LogP contribution is 2.36. The average Bonchev–Trinajstić information content (AvgIpc) is 2.23. The second-order valence-electron chi connectivity index (χ2n) is 3.81. The molecule has 1 aliphatic heterocycles. The molecule has 0 bridgehead atoms. The van der Waals surface area contributed by atoms with Gasteiger partial charge in [0.1, 0.15) is 11.5 Å². The molecule has 0 saturated carbocycles. The summed E-state index contributed by atoms with van der Waals surface area (Å²) in [6.07, 6.45) is 1.15. The van der Waals surface area contributed by atoms with Crippen molar-refractivity contribution in [2.45, 2.75) is 12.8 Å². The maximum absolute atomic E-state index is 11.6. The Morgan fingerprint density at radius 1 is 1.56 bits per heavy atom. The van der Waals surface area contributed by atoms with Crippen LogP contribution >= 0.6 is 11.6 Å². The quantitative estimate of drug-likeness (QED) is 0.608. The minimum absolute atomic E-state index is 0.0782. The molecule has 0 fully saturated rings. The highest BCUT2D eigenvalue weighted by Gasteiger charge is 2.28. The van der Waals surface area contributed by atoms with Gasteiger partial charge in [0.15, 0.2) is 0 Å². The molecule has 1 aliphatic rings. The van der Waals surface area contributed by atoms with Crippen LogP contribution in [0.1, 0.15) is 12.0 Å². The van der Waals surface area contributed by atoms with Crippen molar-refractivity contribution in [3.63, 3.8) is 0 Å². The number of hydrogen-bond acceptors (Lipinski definition) is 4. The van der Waals surface area contributed by atoms with E-state index >= 15 is 0 Å². The average molecular weight is 242 g/mol. The molecule has 0 radical (unpaired) electrons. The fourth-order valence-corrected chi connectivity index (χ4v) is 1.99. The van der Waals surface area contributed by atoms with E-state index in [0.717, 1.165) is 5.56 Å². The fraction of sp³-hybridized carbons (Fsp3) is 0.364. The third-order valence-corrected chi connectivity index (χ3v) is 2.96. The molecule has 1 aromatic rings. The van der Waals surface area contributed by atoms with Gasteiger partial charge in [0, 0.05) is 6.07 Å². The Morgan fingerprint density at radius 3 is 3.00 bits per heavy atom. The SMILES string of the molecule is NCC[C@@H]1Cc2cc(Cl)c(O)cc2OC1=O. The molecule has 3 N–H and O–H groups in total. The number of halogens is 1. The van der Waals surface area contributed by atoms with Gasteiger partial charge in [0.2, 0.25) is 0 Å². The van der Waals surface area contributed by atoms with Gasteiger partial charge in [-0.05, 0) is 31.0 Å². The van der Waals surface area contributed by atoms with E-state index in [1.165, 1.54) is 6.07 Å². The predicted molar refractivity (Wildman–Crippen MR) is 59.6 cm³/mol. The second-order valence-corrected chi connectivity index (χ2v) is 4.22. The Hall–Kier alpha value is -1.26. The third-order valence-electron chi connectivity index (χ3n) is 2.66. The van der Waals surface area contributed by atoms with Crippen molar-refractivity contribution in [1.82, 2.24) is 0 Å². The Kier molecular flexibility index (Phi) is 3.03. The normalized spacial score (nSPS) is 19.1. The first-order chi connectivity index (χ1) is 7.61. The van der Waals surface area contributed by atoms with E-state index in [1.807, 2.05) is 0 Å². The molecule has 1 atom stereocenters. The Labute approximate surface area is 98.0 Å². The van der Waals surface area contributed by atoms with Crippen LogP contribution in [0, 0.1) is 5.92 Å². The maximum Gasteiger partial charge on any atom is 0.314 e. The van der Waals surface area contributed by atoms with Crippen molar-refractivity contribution in [1.29, 1.82) is 0 Å². The molecular weight excluding hydrogens is 230 g/mol. The minimum atomic E-state index is -0.292. The van der Waals surface area contributed by atoms with Crippen LogP contribution in [0.2, 0.25) is 5.02 Å². The van der Waals surface area contributed by atoms with Gasteiger partial charge in [-0.15, -0.1) is 0 Å². The van der Waals surface area contributed by atoms with Crippen molar-refractivity contribution >= 4 is 17.6 Å². The van der Waals surface area contributed by atoms with Crippen LogP contribution in [-0.2, 0) is 11.2 Å². The number of phenols is 1. The highest BCUT2D eigenvalue weighted by molar-refractivity contribution is 6.32. The second kappa shape index (κ2) is 4.31. The van der Waals surface area contributed by atoms with Crippen LogP contribution in [0.15, 0.2) is 12.1 Å². The predicted octanol–water partition coefficient (Wildman–Crippen LogP) is 1.47. The summed E-state index contributed by atoms with van der Waals surface area (Å²) in [5.74, 6) is -0.191. The van der Waals surface area contributed by atoms with Crippen molar-refractivity contribution in [3.8, 4) is 11.5 Å². The number of carbonyl (C=O) groups is 1. The molecule has 5 heteroatoms. The van der Waals surface area contributed by atoms with Gasteiger partial charge in [-0.25, -0.2) is 0 Å². The number of ether oxygens (including phenoxy) is 1. The number of hydrogen-bond donors (Lipinski definition) is 2. The Morgan fingerprint density at radius 2 is 2.31 bits per heavy atom. The first kappa shape index (κ1) is 11.2. The van der Waals surface area contributed by atoms with E-state index in [2.05, 4.69) is 0 Å². The van der Waals surface area contributed by atoms with Gasteiger partial charge >= 0.3 is 5.97 Å². The van der Waals surface area contributed by atoms with E-state index in [9.17, 15) is 9.90 Å². The van der Waals surface area contributed by atoms with Gasteiger partial charge < -0.3 is 15.6 Å². The van der Waals surface area contributed by atoms with Gasteiger partial charge in [0.25, 0.3) is 0 Å². The molecule has 0 aromatic heterocycles. The number of benzene rings is 1.